The van der Waals surface area contributed by atoms with Crippen molar-refractivity contribution in [2.75, 3.05) is 44.7 Å². The van der Waals surface area contributed by atoms with Gasteiger partial charge < -0.3 is 28.9 Å². The number of rotatable bonds is 8. The number of amides is 2. The molecule has 6 rings (SSSR count). The smallest absolute Gasteiger partial charge is 0.410 e. The SMILES string of the molecule is COc1ccc([C@@H](C)N2CC([C@@H](C)Oc3cc(-c4ccc(N5CCN(C(=O)OC(C)(C)C)CC5)cn4)cn4nccc34)CC2=O)cc1. The molecule has 47 heavy (non-hydrogen) atoms. The van der Waals surface area contributed by atoms with Gasteiger partial charge in [0.2, 0.25) is 5.91 Å². The molecule has 3 atom stereocenters. The third kappa shape index (κ3) is 7.13. The lowest BCUT2D eigenvalue weighted by molar-refractivity contribution is -0.129. The maximum absolute atomic E-state index is 13.1. The Hall–Kier alpha value is -4.80. The van der Waals surface area contributed by atoms with Crippen LogP contribution in [0.4, 0.5) is 10.5 Å². The summed E-state index contributed by atoms with van der Waals surface area (Å²) in [5, 5.41) is 4.48. The number of anilines is 1. The molecule has 1 aromatic carbocycles. The van der Waals surface area contributed by atoms with Crippen molar-refractivity contribution in [1.82, 2.24) is 24.4 Å². The monoisotopic (exact) mass is 640 g/mol. The fourth-order valence-corrected chi connectivity index (χ4v) is 6.26. The van der Waals surface area contributed by atoms with Crippen LogP contribution in [-0.4, -0.2) is 87.9 Å². The van der Waals surface area contributed by atoms with E-state index in [1.54, 1.807) is 22.7 Å². The van der Waals surface area contributed by atoms with Crippen molar-refractivity contribution in [3.63, 3.8) is 0 Å². The van der Waals surface area contributed by atoms with Gasteiger partial charge in [-0.1, -0.05) is 12.1 Å². The van der Waals surface area contributed by atoms with Gasteiger partial charge in [0.1, 0.15) is 28.7 Å². The highest BCUT2D eigenvalue weighted by atomic mass is 16.6. The molecule has 2 aliphatic heterocycles. The van der Waals surface area contributed by atoms with Crippen LogP contribution in [0, 0.1) is 5.92 Å². The molecule has 0 N–H and O–H groups in total. The summed E-state index contributed by atoms with van der Waals surface area (Å²) in [7, 11) is 1.65. The Morgan fingerprint density at radius 2 is 1.74 bits per heavy atom. The van der Waals surface area contributed by atoms with E-state index in [1.807, 2.05) is 87.5 Å². The Labute approximate surface area is 276 Å². The highest BCUT2D eigenvalue weighted by Crippen LogP contribution is 2.34. The van der Waals surface area contributed by atoms with E-state index in [9.17, 15) is 9.59 Å². The van der Waals surface area contributed by atoms with Crippen molar-refractivity contribution in [1.29, 1.82) is 0 Å². The summed E-state index contributed by atoms with van der Waals surface area (Å²) in [4.78, 5) is 36.3. The quantitative estimate of drug-likeness (QED) is 0.237. The second-order valence-corrected chi connectivity index (χ2v) is 13.4. The zero-order valence-electron chi connectivity index (χ0n) is 28.1. The number of aromatic nitrogens is 3. The average Bonchev–Trinajstić information content (AvgIpc) is 3.71. The van der Waals surface area contributed by atoms with Crippen LogP contribution in [0.5, 0.6) is 11.5 Å². The minimum atomic E-state index is -0.510. The summed E-state index contributed by atoms with van der Waals surface area (Å²) < 4.78 is 19.2. The molecule has 3 aromatic heterocycles. The van der Waals surface area contributed by atoms with Crippen LogP contribution in [0.25, 0.3) is 16.8 Å². The van der Waals surface area contributed by atoms with E-state index in [0.29, 0.717) is 44.9 Å². The largest absolute Gasteiger partial charge is 0.497 e. The number of ether oxygens (including phenoxy) is 3. The molecule has 0 aliphatic carbocycles. The van der Waals surface area contributed by atoms with Gasteiger partial charge in [0.05, 0.1) is 36.9 Å². The summed E-state index contributed by atoms with van der Waals surface area (Å²) in [6.45, 7) is 13.0. The molecule has 248 valence electrons. The number of likely N-dealkylation sites (tertiary alicyclic amines) is 1. The fraction of sp³-hybridized carbons (Fsp3) is 0.444. The van der Waals surface area contributed by atoms with Gasteiger partial charge in [-0.3, -0.25) is 9.78 Å². The lowest BCUT2D eigenvalue weighted by Gasteiger charge is -2.36. The van der Waals surface area contributed by atoms with Crippen LogP contribution in [0.15, 0.2) is 67.1 Å². The van der Waals surface area contributed by atoms with E-state index in [2.05, 4.69) is 23.0 Å². The first-order valence-corrected chi connectivity index (χ1v) is 16.3. The van der Waals surface area contributed by atoms with Crippen LogP contribution in [-0.2, 0) is 9.53 Å². The maximum atomic E-state index is 13.1. The summed E-state index contributed by atoms with van der Waals surface area (Å²) >= 11 is 0. The highest BCUT2D eigenvalue weighted by molar-refractivity contribution is 5.79. The fourth-order valence-electron chi connectivity index (χ4n) is 6.26. The van der Waals surface area contributed by atoms with Crippen molar-refractivity contribution in [2.45, 2.75) is 58.8 Å². The summed E-state index contributed by atoms with van der Waals surface area (Å²) in [6.07, 6.45) is 5.54. The zero-order valence-corrected chi connectivity index (χ0v) is 28.1. The number of nitrogens with zero attached hydrogens (tertiary/aromatic N) is 6. The number of piperazine rings is 1. The molecule has 5 heterocycles. The number of hydrogen-bond acceptors (Lipinski definition) is 8. The van der Waals surface area contributed by atoms with Crippen LogP contribution in [0.1, 0.15) is 52.6 Å². The third-order valence-corrected chi connectivity index (χ3v) is 9.04. The van der Waals surface area contributed by atoms with Gasteiger partial charge in [0.25, 0.3) is 0 Å². The van der Waals surface area contributed by atoms with Crippen LogP contribution in [0.3, 0.4) is 0 Å². The van der Waals surface area contributed by atoms with Gasteiger partial charge in [-0.2, -0.15) is 5.10 Å². The molecular formula is C36H44N6O5. The van der Waals surface area contributed by atoms with E-state index in [4.69, 9.17) is 19.2 Å². The Bertz CT molecular complexity index is 1710. The first-order valence-electron chi connectivity index (χ1n) is 16.3. The van der Waals surface area contributed by atoms with Crippen molar-refractivity contribution < 1.29 is 23.8 Å². The number of carbonyl (C=O) groups excluding carboxylic acids is 2. The molecule has 11 heteroatoms. The highest BCUT2D eigenvalue weighted by Gasteiger charge is 2.37. The molecule has 11 nitrogen and oxygen atoms in total. The standard InChI is InChI=1S/C36H44N6O5/c1-24(26-7-10-30(45-6)11-8-26)41-22-27(20-34(41)43)25(2)46-33-19-28(23-42-32(33)13-14-38-42)31-12-9-29(21-37-31)39-15-17-40(18-16-39)35(44)47-36(3,4)5/h7-14,19,21,23-25,27H,15-18,20,22H2,1-6H3/t24-,25-,27?/m1/s1. The molecule has 0 radical (unpaired) electrons. The number of pyridine rings is 2. The van der Waals surface area contributed by atoms with Crippen molar-refractivity contribution in [2.24, 2.45) is 5.92 Å². The minimum absolute atomic E-state index is 0.0432. The number of fused-ring (bicyclic) bond motifs is 1. The minimum Gasteiger partial charge on any atom is -0.497 e. The number of carbonyl (C=O) groups is 2. The number of benzene rings is 1. The molecule has 4 aromatic rings. The van der Waals surface area contributed by atoms with Crippen LogP contribution >= 0.6 is 0 Å². The number of hydrogen-bond donors (Lipinski definition) is 0. The predicted octanol–water partition coefficient (Wildman–Crippen LogP) is 5.84. The van der Waals surface area contributed by atoms with Gasteiger partial charge in [-0.05, 0) is 76.6 Å². The van der Waals surface area contributed by atoms with Crippen molar-refractivity contribution in [3.8, 4) is 22.8 Å². The van der Waals surface area contributed by atoms with Crippen LogP contribution < -0.4 is 14.4 Å². The summed E-state index contributed by atoms with van der Waals surface area (Å²) in [5.74, 6) is 1.67. The normalized spacial score (nSPS) is 18.4. The molecule has 1 unspecified atom stereocenters. The Morgan fingerprint density at radius 3 is 2.40 bits per heavy atom. The first kappa shape index (κ1) is 32.2. The van der Waals surface area contributed by atoms with Gasteiger partial charge in [-0.15, -0.1) is 0 Å². The van der Waals surface area contributed by atoms with Crippen molar-refractivity contribution in [3.05, 3.63) is 72.7 Å². The molecule has 0 saturated carbocycles. The van der Waals surface area contributed by atoms with E-state index in [-0.39, 0.29) is 30.1 Å². The van der Waals surface area contributed by atoms with Gasteiger partial charge in [0.15, 0.2) is 0 Å². The second-order valence-electron chi connectivity index (χ2n) is 13.4. The molecule has 2 aliphatic rings. The van der Waals surface area contributed by atoms with E-state index in [0.717, 1.165) is 33.8 Å². The molecule has 2 amide bonds. The van der Waals surface area contributed by atoms with Crippen LogP contribution in [0.2, 0.25) is 0 Å². The van der Waals surface area contributed by atoms with E-state index in [1.165, 1.54) is 0 Å². The zero-order chi connectivity index (χ0) is 33.3. The molecule has 2 saturated heterocycles. The summed E-state index contributed by atoms with van der Waals surface area (Å²) in [6, 6.07) is 15.8. The van der Waals surface area contributed by atoms with Crippen molar-refractivity contribution >= 4 is 23.2 Å². The molecule has 0 spiro atoms. The third-order valence-electron chi connectivity index (χ3n) is 9.04. The van der Waals surface area contributed by atoms with E-state index >= 15 is 0 Å². The summed E-state index contributed by atoms with van der Waals surface area (Å²) in [5.41, 5.74) is 4.09. The van der Waals surface area contributed by atoms with Gasteiger partial charge in [-0.25, -0.2) is 9.31 Å². The predicted molar refractivity (Wildman–Crippen MR) is 180 cm³/mol. The number of methoxy groups -OCH3 is 1. The maximum Gasteiger partial charge on any atom is 0.410 e. The lowest BCUT2D eigenvalue weighted by Crippen LogP contribution is -2.50. The van der Waals surface area contributed by atoms with Gasteiger partial charge >= 0.3 is 6.09 Å². The topological polar surface area (TPSA) is 102 Å². The Balaban J connectivity index is 1.12. The second kappa shape index (κ2) is 13.1. The lowest BCUT2D eigenvalue weighted by atomic mass is 10.0. The average molecular weight is 641 g/mol. The van der Waals surface area contributed by atoms with E-state index < -0.39 is 5.60 Å². The molecular weight excluding hydrogens is 596 g/mol. The molecule has 0 bridgehead atoms. The Kier molecular flexibility index (Phi) is 8.98. The first-order chi connectivity index (χ1) is 22.5. The van der Waals surface area contributed by atoms with Gasteiger partial charge in [0, 0.05) is 56.8 Å². The molecule has 2 fully saturated rings. The Morgan fingerprint density at radius 1 is 1.00 bits per heavy atom.